The van der Waals surface area contributed by atoms with Crippen LogP contribution in [0.2, 0.25) is 0 Å². The number of amides is 2. The molecule has 7 nitrogen and oxygen atoms in total. The number of para-hydroxylation sites is 1. The van der Waals surface area contributed by atoms with Gasteiger partial charge in [0.05, 0.1) is 31.9 Å². The Morgan fingerprint density at radius 1 is 1.30 bits per heavy atom. The van der Waals surface area contributed by atoms with Gasteiger partial charge in [0.1, 0.15) is 0 Å². The first kappa shape index (κ1) is 20.6. The van der Waals surface area contributed by atoms with Gasteiger partial charge in [0.2, 0.25) is 0 Å². The lowest BCUT2D eigenvalue weighted by atomic mass is 9.94. The molecule has 0 saturated heterocycles. The van der Waals surface area contributed by atoms with E-state index in [0.29, 0.717) is 41.5 Å². The molecule has 7 heteroatoms. The number of hydrogen-bond donors (Lipinski definition) is 2. The van der Waals surface area contributed by atoms with E-state index in [-0.39, 0.29) is 11.9 Å². The minimum atomic E-state index is -0.694. The summed E-state index contributed by atoms with van der Waals surface area (Å²) in [6.07, 6.45) is 0.814. The number of carbonyl (C=O) groups is 2. The minimum absolute atomic E-state index is 0.208. The van der Waals surface area contributed by atoms with E-state index in [2.05, 4.69) is 10.6 Å². The fraction of sp³-hybridized carbons (Fsp3) is 0.500. The molecule has 1 unspecified atom stereocenters. The number of esters is 1. The Bertz CT molecular complexity index is 727. The number of hydrogen-bond acceptors (Lipinski definition) is 5. The smallest absolute Gasteiger partial charge is 0.338 e. The van der Waals surface area contributed by atoms with E-state index < -0.39 is 12.0 Å². The molecule has 0 aromatic heterocycles. The average molecular weight is 376 g/mol. The van der Waals surface area contributed by atoms with E-state index in [1.54, 1.807) is 26.2 Å². The standard InChI is InChI=1S/C20H28N2O5/c1-6-10-26-18-14(8-7-9-15(18)25-5)17-16(13(4)21-20(24)22-17)19(23)27-11-12(2)3/h7-9,12,17H,6,10-11H2,1-5H3,(H2,21,22,24). The lowest BCUT2D eigenvalue weighted by Gasteiger charge is -2.29. The summed E-state index contributed by atoms with van der Waals surface area (Å²) in [5.41, 5.74) is 1.46. The number of carbonyl (C=O) groups excluding carboxylic acids is 2. The van der Waals surface area contributed by atoms with Crippen LogP contribution in [0.5, 0.6) is 11.5 Å². The third-order valence-electron chi connectivity index (χ3n) is 4.03. The van der Waals surface area contributed by atoms with Crippen LogP contribution in [0.1, 0.15) is 45.7 Å². The summed E-state index contributed by atoms with van der Waals surface area (Å²) in [4.78, 5) is 24.8. The van der Waals surface area contributed by atoms with Crippen molar-refractivity contribution in [1.82, 2.24) is 10.6 Å². The number of methoxy groups -OCH3 is 1. The second kappa shape index (κ2) is 9.30. The van der Waals surface area contributed by atoms with E-state index in [0.717, 1.165) is 6.42 Å². The van der Waals surface area contributed by atoms with Crippen molar-refractivity contribution in [2.24, 2.45) is 5.92 Å². The molecule has 0 aliphatic carbocycles. The van der Waals surface area contributed by atoms with Crippen LogP contribution in [0.3, 0.4) is 0 Å². The van der Waals surface area contributed by atoms with Crippen LogP contribution in [0.25, 0.3) is 0 Å². The van der Waals surface area contributed by atoms with Gasteiger partial charge in [0, 0.05) is 11.3 Å². The minimum Gasteiger partial charge on any atom is -0.493 e. The van der Waals surface area contributed by atoms with Crippen molar-refractivity contribution in [2.45, 2.75) is 40.2 Å². The van der Waals surface area contributed by atoms with Crippen molar-refractivity contribution < 1.29 is 23.8 Å². The summed E-state index contributed by atoms with van der Waals surface area (Å²) in [5.74, 6) is 0.792. The Morgan fingerprint density at radius 3 is 2.67 bits per heavy atom. The first-order valence-corrected chi connectivity index (χ1v) is 9.14. The molecular weight excluding hydrogens is 348 g/mol. The maximum absolute atomic E-state index is 12.7. The van der Waals surface area contributed by atoms with E-state index >= 15 is 0 Å². The molecule has 0 fully saturated rings. The summed E-state index contributed by atoms with van der Waals surface area (Å²) in [6, 6.07) is 4.31. The lowest BCUT2D eigenvalue weighted by Crippen LogP contribution is -2.45. The molecule has 1 atom stereocenters. The number of benzene rings is 1. The number of nitrogens with one attached hydrogen (secondary N) is 2. The summed E-state index contributed by atoms with van der Waals surface area (Å²) in [7, 11) is 1.55. The normalized spacial score (nSPS) is 16.7. The topological polar surface area (TPSA) is 85.9 Å². The molecule has 1 heterocycles. The van der Waals surface area contributed by atoms with Gasteiger partial charge in [-0.3, -0.25) is 0 Å². The molecule has 1 aromatic rings. The van der Waals surface area contributed by atoms with E-state index in [4.69, 9.17) is 14.2 Å². The Balaban J connectivity index is 2.48. The quantitative estimate of drug-likeness (QED) is 0.680. The van der Waals surface area contributed by atoms with Gasteiger partial charge in [-0.25, -0.2) is 9.59 Å². The van der Waals surface area contributed by atoms with Crippen LogP contribution in [-0.4, -0.2) is 32.3 Å². The summed E-state index contributed by atoms with van der Waals surface area (Å²) >= 11 is 0. The van der Waals surface area contributed by atoms with Gasteiger partial charge >= 0.3 is 12.0 Å². The molecule has 2 N–H and O–H groups in total. The monoisotopic (exact) mass is 376 g/mol. The Labute approximate surface area is 160 Å². The second-order valence-electron chi connectivity index (χ2n) is 6.79. The third kappa shape index (κ3) is 4.93. The van der Waals surface area contributed by atoms with Gasteiger partial charge in [-0.05, 0) is 25.3 Å². The molecule has 2 amide bonds. The van der Waals surface area contributed by atoms with Gasteiger partial charge in [0.25, 0.3) is 0 Å². The number of urea groups is 1. The highest BCUT2D eigenvalue weighted by atomic mass is 16.5. The largest absolute Gasteiger partial charge is 0.493 e. The highest BCUT2D eigenvalue weighted by Gasteiger charge is 2.34. The Morgan fingerprint density at radius 2 is 2.04 bits per heavy atom. The van der Waals surface area contributed by atoms with Crippen LogP contribution in [0.15, 0.2) is 29.5 Å². The van der Waals surface area contributed by atoms with Crippen LogP contribution in [0, 0.1) is 5.92 Å². The average Bonchev–Trinajstić information content (AvgIpc) is 2.63. The van der Waals surface area contributed by atoms with Crippen molar-refractivity contribution in [1.29, 1.82) is 0 Å². The highest BCUT2D eigenvalue weighted by Crippen LogP contribution is 2.39. The zero-order valence-electron chi connectivity index (χ0n) is 16.5. The molecule has 0 spiro atoms. The second-order valence-corrected chi connectivity index (χ2v) is 6.79. The molecule has 27 heavy (non-hydrogen) atoms. The van der Waals surface area contributed by atoms with Crippen molar-refractivity contribution in [2.75, 3.05) is 20.3 Å². The van der Waals surface area contributed by atoms with E-state index in [9.17, 15) is 9.59 Å². The van der Waals surface area contributed by atoms with Crippen LogP contribution in [-0.2, 0) is 9.53 Å². The Kier molecular flexibility index (Phi) is 7.10. The van der Waals surface area contributed by atoms with Crippen LogP contribution < -0.4 is 20.1 Å². The maximum Gasteiger partial charge on any atom is 0.338 e. The van der Waals surface area contributed by atoms with Gasteiger partial charge in [-0.15, -0.1) is 0 Å². The summed E-state index contributed by atoms with van der Waals surface area (Å²) < 4.78 is 16.7. The van der Waals surface area contributed by atoms with Crippen molar-refractivity contribution >= 4 is 12.0 Å². The predicted molar refractivity (Wildman–Crippen MR) is 102 cm³/mol. The third-order valence-corrected chi connectivity index (χ3v) is 4.03. The van der Waals surface area contributed by atoms with Gasteiger partial charge in [-0.2, -0.15) is 0 Å². The molecular formula is C20H28N2O5. The molecule has 2 rings (SSSR count). The van der Waals surface area contributed by atoms with Gasteiger partial charge in [-0.1, -0.05) is 32.9 Å². The van der Waals surface area contributed by atoms with Crippen molar-refractivity contribution in [3.05, 3.63) is 35.0 Å². The van der Waals surface area contributed by atoms with E-state index in [1.165, 1.54) is 0 Å². The predicted octanol–water partition coefficient (Wildman–Crippen LogP) is 3.31. The number of allylic oxidation sites excluding steroid dienone is 1. The summed E-state index contributed by atoms with van der Waals surface area (Å²) in [5, 5.41) is 5.45. The number of ether oxygens (including phenoxy) is 3. The first-order chi connectivity index (χ1) is 12.9. The zero-order chi connectivity index (χ0) is 20.0. The van der Waals surface area contributed by atoms with Gasteiger partial charge < -0.3 is 24.8 Å². The molecule has 1 aromatic carbocycles. The van der Waals surface area contributed by atoms with Crippen molar-refractivity contribution in [3.8, 4) is 11.5 Å². The molecule has 0 radical (unpaired) electrons. The fourth-order valence-electron chi connectivity index (χ4n) is 2.80. The fourth-order valence-corrected chi connectivity index (χ4v) is 2.80. The molecule has 1 aliphatic rings. The highest BCUT2D eigenvalue weighted by molar-refractivity contribution is 5.95. The number of rotatable bonds is 8. The lowest BCUT2D eigenvalue weighted by molar-refractivity contribution is -0.140. The van der Waals surface area contributed by atoms with Crippen LogP contribution >= 0.6 is 0 Å². The SMILES string of the molecule is CCCOc1c(OC)cccc1C1NC(=O)NC(C)=C1C(=O)OCC(C)C. The van der Waals surface area contributed by atoms with Crippen LogP contribution in [0.4, 0.5) is 4.79 Å². The Hall–Kier alpha value is -2.70. The molecule has 0 bridgehead atoms. The molecule has 148 valence electrons. The maximum atomic E-state index is 12.7. The van der Waals surface area contributed by atoms with Crippen molar-refractivity contribution in [3.63, 3.8) is 0 Å². The molecule has 1 aliphatic heterocycles. The first-order valence-electron chi connectivity index (χ1n) is 9.14. The van der Waals surface area contributed by atoms with E-state index in [1.807, 2.05) is 26.8 Å². The zero-order valence-corrected chi connectivity index (χ0v) is 16.5. The van der Waals surface area contributed by atoms with Gasteiger partial charge in [0.15, 0.2) is 11.5 Å². The summed E-state index contributed by atoms with van der Waals surface area (Å²) in [6.45, 7) is 8.40. The molecule has 0 saturated carbocycles.